The number of esters is 1. The third-order valence-corrected chi connectivity index (χ3v) is 7.16. The van der Waals surface area contributed by atoms with E-state index >= 15 is 0 Å². The SMILES string of the molecule is CN(C)C1CCCCN1Cc1nc(CSCC(N)C(=O)OCc2ccccc2)cs1. The molecule has 1 saturated heterocycles. The third kappa shape index (κ3) is 7.06. The molecule has 0 spiro atoms. The Morgan fingerprint density at radius 1 is 1.37 bits per heavy atom. The van der Waals surface area contributed by atoms with E-state index in [1.54, 1.807) is 23.1 Å². The highest BCUT2D eigenvalue weighted by Gasteiger charge is 2.24. The van der Waals surface area contributed by atoms with E-state index in [0.717, 1.165) is 35.1 Å². The first kappa shape index (κ1) is 23.2. The number of carbonyl (C=O) groups excluding carboxylic acids is 1. The second-order valence-corrected chi connectivity index (χ2v) is 9.83. The second kappa shape index (κ2) is 11.8. The number of thioether (sulfide) groups is 1. The lowest BCUT2D eigenvalue weighted by Crippen LogP contribution is -2.47. The Balaban J connectivity index is 1.39. The van der Waals surface area contributed by atoms with Crippen molar-refractivity contribution in [1.29, 1.82) is 0 Å². The number of nitrogens with zero attached hydrogens (tertiary/aromatic N) is 3. The van der Waals surface area contributed by atoms with E-state index in [1.807, 2.05) is 30.3 Å². The molecular formula is C22H32N4O2S2. The zero-order valence-corrected chi connectivity index (χ0v) is 19.5. The number of hydrogen-bond acceptors (Lipinski definition) is 8. The molecule has 0 saturated carbocycles. The molecule has 1 aromatic heterocycles. The average Bonchev–Trinajstić information content (AvgIpc) is 3.20. The molecule has 1 aliphatic heterocycles. The molecule has 164 valence electrons. The smallest absolute Gasteiger partial charge is 0.324 e. The van der Waals surface area contributed by atoms with Gasteiger partial charge < -0.3 is 10.5 Å². The monoisotopic (exact) mass is 448 g/mol. The van der Waals surface area contributed by atoms with Gasteiger partial charge in [0.15, 0.2) is 0 Å². The minimum atomic E-state index is -0.619. The quantitative estimate of drug-likeness (QED) is 0.559. The van der Waals surface area contributed by atoms with Gasteiger partial charge in [-0.05, 0) is 38.9 Å². The highest BCUT2D eigenvalue weighted by Crippen LogP contribution is 2.23. The van der Waals surface area contributed by atoms with Crippen LogP contribution in [0.5, 0.6) is 0 Å². The first-order valence-electron chi connectivity index (χ1n) is 10.4. The van der Waals surface area contributed by atoms with E-state index in [2.05, 4.69) is 29.3 Å². The van der Waals surface area contributed by atoms with Crippen molar-refractivity contribution in [3.63, 3.8) is 0 Å². The lowest BCUT2D eigenvalue weighted by atomic mass is 10.1. The molecule has 1 aliphatic rings. The summed E-state index contributed by atoms with van der Waals surface area (Å²) in [4.78, 5) is 21.7. The number of likely N-dealkylation sites (tertiary alicyclic amines) is 1. The summed E-state index contributed by atoms with van der Waals surface area (Å²) in [6, 6.07) is 9.02. The Bertz CT molecular complexity index is 784. The van der Waals surface area contributed by atoms with Gasteiger partial charge in [-0.3, -0.25) is 14.6 Å². The zero-order chi connectivity index (χ0) is 21.3. The van der Waals surface area contributed by atoms with E-state index in [0.29, 0.717) is 11.9 Å². The van der Waals surface area contributed by atoms with Gasteiger partial charge in [0, 0.05) is 23.4 Å². The Labute approximate surface area is 187 Å². The van der Waals surface area contributed by atoms with Crippen LogP contribution in [0.1, 0.15) is 35.5 Å². The van der Waals surface area contributed by atoms with Crippen LogP contribution in [0.2, 0.25) is 0 Å². The number of rotatable bonds is 10. The Morgan fingerprint density at radius 2 is 2.17 bits per heavy atom. The van der Waals surface area contributed by atoms with Crippen molar-refractivity contribution in [2.75, 3.05) is 26.4 Å². The molecule has 2 N–H and O–H groups in total. The van der Waals surface area contributed by atoms with Gasteiger partial charge in [0.05, 0.1) is 18.4 Å². The molecule has 0 radical (unpaired) electrons. The van der Waals surface area contributed by atoms with Gasteiger partial charge in [-0.25, -0.2) is 4.98 Å². The fourth-order valence-corrected chi connectivity index (χ4v) is 5.39. The number of piperidine rings is 1. The fourth-order valence-electron chi connectivity index (χ4n) is 3.60. The Kier molecular flexibility index (Phi) is 9.14. The van der Waals surface area contributed by atoms with Crippen molar-refractivity contribution in [3.05, 3.63) is 52.0 Å². The molecule has 2 unspecified atom stereocenters. The van der Waals surface area contributed by atoms with Crippen LogP contribution in [0.3, 0.4) is 0 Å². The summed E-state index contributed by atoms with van der Waals surface area (Å²) in [5.74, 6) is 0.924. The van der Waals surface area contributed by atoms with E-state index < -0.39 is 6.04 Å². The second-order valence-electron chi connectivity index (χ2n) is 7.86. The number of nitrogens with two attached hydrogens (primary N) is 1. The van der Waals surface area contributed by atoms with Gasteiger partial charge in [-0.2, -0.15) is 11.8 Å². The van der Waals surface area contributed by atoms with Crippen molar-refractivity contribution in [1.82, 2.24) is 14.8 Å². The number of hydrogen-bond donors (Lipinski definition) is 1. The van der Waals surface area contributed by atoms with Crippen LogP contribution in [0.15, 0.2) is 35.7 Å². The molecule has 1 aromatic carbocycles. The molecule has 2 atom stereocenters. The lowest BCUT2D eigenvalue weighted by Gasteiger charge is -2.39. The largest absolute Gasteiger partial charge is 0.460 e. The summed E-state index contributed by atoms with van der Waals surface area (Å²) < 4.78 is 5.31. The van der Waals surface area contributed by atoms with Gasteiger partial charge in [-0.15, -0.1) is 11.3 Å². The topological polar surface area (TPSA) is 71.7 Å². The van der Waals surface area contributed by atoms with Gasteiger partial charge in [-0.1, -0.05) is 30.3 Å². The summed E-state index contributed by atoms with van der Waals surface area (Å²) in [6.07, 6.45) is 4.28. The van der Waals surface area contributed by atoms with Crippen LogP contribution < -0.4 is 5.73 Å². The number of benzene rings is 1. The molecule has 0 amide bonds. The lowest BCUT2D eigenvalue weighted by molar-refractivity contribution is -0.145. The van der Waals surface area contributed by atoms with Gasteiger partial charge in [0.1, 0.15) is 17.7 Å². The van der Waals surface area contributed by atoms with Crippen LogP contribution in [-0.2, 0) is 28.4 Å². The molecular weight excluding hydrogens is 416 g/mol. The molecule has 0 aliphatic carbocycles. The van der Waals surface area contributed by atoms with Crippen LogP contribution in [-0.4, -0.2) is 59.4 Å². The Hall–Kier alpha value is -1.45. The molecule has 0 bridgehead atoms. The predicted molar refractivity (Wildman–Crippen MR) is 124 cm³/mol. The van der Waals surface area contributed by atoms with Crippen LogP contribution in [0, 0.1) is 0 Å². The number of carbonyl (C=O) groups is 1. The average molecular weight is 449 g/mol. The first-order chi connectivity index (χ1) is 14.5. The van der Waals surface area contributed by atoms with E-state index in [9.17, 15) is 4.79 Å². The highest BCUT2D eigenvalue weighted by molar-refractivity contribution is 7.98. The maximum Gasteiger partial charge on any atom is 0.324 e. The van der Waals surface area contributed by atoms with Crippen molar-refractivity contribution >= 4 is 29.1 Å². The molecule has 3 rings (SSSR count). The minimum Gasteiger partial charge on any atom is -0.460 e. The summed E-state index contributed by atoms with van der Waals surface area (Å²) in [5, 5.41) is 3.28. The third-order valence-electron chi connectivity index (χ3n) is 5.19. The van der Waals surface area contributed by atoms with E-state index in [-0.39, 0.29) is 12.6 Å². The van der Waals surface area contributed by atoms with Crippen LogP contribution >= 0.6 is 23.1 Å². The van der Waals surface area contributed by atoms with Crippen LogP contribution in [0.25, 0.3) is 0 Å². The number of aromatic nitrogens is 1. The standard InChI is InChI=1S/C22H32N4O2S2/c1-25(2)21-10-6-7-11-26(21)12-20-24-18(15-30-20)14-29-16-19(23)22(27)28-13-17-8-4-3-5-9-17/h3-5,8-9,15,19,21H,6-7,10-14,16,23H2,1-2H3. The van der Waals surface area contributed by atoms with Gasteiger partial charge in [0.25, 0.3) is 0 Å². The van der Waals surface area contributed by atoms with E-state index in [4.69, 9.17) is 15.5 Å². The summed E-state index contributed by atoms with van der Waals surface area (Å²) in [7, 11) is 4.31. The van der Waals surface area contributed by atoms with E-state index in [1.165, 1.54) is 19.3 Å². The summed E-state index contributed by atoms with van der Waals surface area (Å²) in [6.45, 7) is 2.30. The minimum absolute atomic E-state index is 0.262. The molecule has 2 heterocycles. The maximum atomic E-state index is 12.1. The normalized spacial score (nSPS) is 18.5. The summed E-state index contributed by atoms with van der Waals surface area (Å²) in [5.41, 5.74) is 8.02. The van der Waals surface area contributed by atoms with Crippen molar-refractivity contribution in [3.8, 4) is 0 Å². The maximum absolute atomic E-state index is 12.1. The van der Waals surface area contributed by atoms with Crippen molar-refractivity contribution in [2.24, 2.45) is 5.73 Å². The number of thiazole rings is 1. The highest BCUT2D eigenvalue weighted by atomic mass is 32.2. The first-order valence-corrected chi connectivity index (χ1v) is 12.4. The zero-order valence-electron chi connectivity index (χ0n) is 17.8. The molecule has 2 aromatic rings. The molecule has 30 heavy (non-hydrogen) atoms. The van der Waals surface area contributed by atoms with Crippen LogP contribution in [0.4, 0.5) is 0 Å². The van der Waals surface area contributed by atoms with Crippen molar-refractivity contribution < 1.29 is 9.53 Å². The van der Waals surface area contributed by atoms with Gasteiger partial charge >= 0.3 is 5.97 Å². The number of ether oxygens (including phenoxy) is 1. The van der Waals surface area contributed by atoms with Gasteiger partial charge in [0.2, 0.25) is 0 Å². The molecule has 6 nitrogen and oxygen atoms in total. The Morgan fingerprint density at radius 3 is 2.93 bits per heavy atom. The van der Waals surface area contributed by atoms with Crippen molar-refractivity contribution in [2.45, 2.75) is 50.4 Å². The summed E-state index contributed by atoms with van der Waals surface area (Å²) >= 11 is 3.35. The predicted octanol–water partition coefficient (Wildman–Crippen LogP) is 3.32. The molecule has 8 heteroatoms. The fraction of sp³-hybridized carbons (Fsp3) is 0.545. The molecule has 1 fully saturated rings.